The van der Waals surface area contributed by atoms with Crippen LogP contribution in [-0.4, -0.2) is 247 Å². The van der Waals surface area contributed by atoms with E-state index in [2.05, 4.69) is 8.37 Å². The minimum atomic E-state index is -5.67. The second-order valence-corrected chi connectivity index (χ2v) is 20.1. The second-order valence-electron chi connectivity index (χ2n) is 15.6. The Hall–Kier alpha value is -1.69. The van der Waals surface area contributed by atoms with E-state index in [1.807, 2.05) is 0 Å². The lowest BCUT2D eigenvalue weighted by Crippen LogP contribution is -2.66. The topological polar surface area (TPSA) is 522 Å². The first kappa shape index (κ1) is 56.2. The van der Waals surface area contributed by atoms with Crippen LogP contribution in [0.25, 0.3) is 0 Å². The van der Waals surface area contributed by atoms with Crippen molar-refractivity contribution >= 4 is 47.4 Å². The molecule has 5 fully saturated rings. The first-order valence-corrected chi connectivity index (χ1v) is 24.9. The highest BCUT2D eigenvalue weighted by Crippen LogP contribution is 2.36. The first-order chi connectivity index (χ1) is 30.7. The van der Waals surface area contributed by atoms with Crippen LogP contribution in [0.3, 0.4) is 0 Å². The number of ether oxygens (including phenoxy) is 9. The van der Waals surface area contributed by atoms with Crippen molar-refractivity contribution < 1.29 is 149 Å². The molecule has 5 aliphatic rings. The van der Waals surface area contributed by atoms with Crippen LogP contribution in [0.4, 0.5) is 0 Å². The van der Waals surface area contributed by atoms with E-state index in [0.29, 0.717) is 0 Å². The monoisotopic (exact) mass is 1070 g/mol. The molecule has 5 rings (SSSR count). The fourth-order valence-corrected chi connectivity index (χ4v) is 9.53. The molecule has 0 spiro atoms. The maximum absolute atomic E-state index is 12.6. The summed E-state index contributed by atoms with van der Waals surface area (Å²) in [7, 11) is -21.2. The van der Waals surface area contributed by atoms with Gasteiger partial charge in [0.05, 0.1) is 43.7 Å². The summed E-state index contributed by atoms with van der Waals surface area (Å²) >= 11 is 0. The Morgan fingerprint density at radius 3 is 1.78 bits per heavy atom. The third-order valence-corrected chi connectivity index (χ3v) is 12.7. The summed E-state index contributed by atoms with van der Waals surface area (Å²) in [6, 6.07) is -3.74. The van der Waals surface area contributed by atoms with Gasteiger partial charge in [-0.2, -0.15) is 43.1 Å². The fourth-order valence-electron chi connectivity index (χ4n) is 7.56. The van der Waals surface area contributed by atoms with E-state index in [4.69, 9.17) is 47.2 Å². The van der Waals surface area contributed by atoms with Gasteiger partial charge >= 0.3 is 47.4 Å². The van der Waals surface area contributed by atoms with Gasteiger partial charge in [0.25, 0.3) is 0 Å². The van der Waals surface area contributed by atoms with Crippen molar-refractivity contribution in [2.24, 2.45) is 0 Å². The van der Waals surface area contributed by atoms with Crippen LogP contribution in [0.15, 0.2) is 0 Å². The van der Waals surface area contributed by atoms with Crippen molar-refractivity contribution in [2.75, 3.05) is 13.2 Å². The molecule has 0 aromatic carbocycles. The fraction of sp³-hybridized carbons (Fsp3) is 0.966. The van der Waals surface area contributed by atoms with Crippen molar-refractivity contribution in [3.8, 4) is 0 Å². The van der Waals surface area contributed by atoms with E-state index in [1.165, 1.54) is 13.8 Å². The van der Waals surface area contributed by atoms with Crippen molar-refractivity contribution in [3.05, 3.63) is 0 Å². The van der Waals surface area contributed by atoms with Gasteiger partial charge in [0.15, 0.2) is 43.7 Å². The van der Waals surface area contributed by atoms with Crippen LogP contribution < -0.4 is 9.44 Å². The smallest absolute Gasteiger partial charge is 0.397 e. The van der Waals surface area contributed by atoms with Gasteiger partial charge in [0.1, 0.15) is 61.0 Å². The number of nitrogens with one attached hydrogen (secondary N) is 2. The number of hydrogen-bond acceptors (Lipinski definition) is 27. The number of aliphatic carboxylic acids is 1. The van der Waals surface area contributed by atoms with Crippen LogP contribution in [-0.2, 0) is 97.2 Å². The average Bonchev–Trinajstić information content (AvgIpc) is 3.17. The van der Waals surface area contributed by atoms with E-state index in [9.17, 15) is 93.0 Å². The lowest BCUT2D eigenvalue weighted by atomic mass is 9.96. The van der Waals surface area contributed by atoms with Crippen molar-refractivity contribution in [1.29, 1.82) is 0 Å². The normalized spacial score (nSPS) is 44.0. The number of carboxylic acids is 1. The molecule has 8 unspecified atom stereocenters. The van der Waals surface area contributed by atoms with Gasteiger partial charge in [-0.05, 0) is 20.3 Å². The summed E-state index contributed by atoms with van der Waals surface area (Å²) in [4.78, 5) is 12.6. The highest BCUT2D eigenvalue weighted by molar-refractivity contribution is 7.84. The second kappa shape index (κ2) is 22.0. The summed E-state index contributed by atoms with van der Waals surface area (Å²) in [5, 5.41) is 84.7. The van der Waals surface area contributed by atoms with Gasteiger partial charge in [0.2, 0.25) is 0 Å². The summed E-state index contributed by atoms with van der Waals surface area (Å²) < 4.78 is 193. The van der Waals surface area contributed by atoms with Crippen LogP contribution in [0.1, 0.15) is 26.7 Å². The first-order valence-electron chi connectivity index (χ1n) is 19.3. The number of aliphatic hydroxyl groups excluding tert-OH is 7. The Labute approximate surface area is 379 Å². The molecule has 34 nitrogen and oxygen atoms in total. The number of rotatable bonds is 18. The molecular formula is C29H50N2O32S4. The average molecular weight is 1070 g/mol. The maximum atomic E-state index is 12.6. The predicted octanol–water partition coefficient (Wildman–Crippen LogP) is -8.63. The van der Waals surface area contributed by atoms with Gasteiger partial charge in [-0.15, -0.1) is 0 Å². The largest absolute Gasteiger partial charge is 0.479 e. The molecule has 0 radical (unpaired) electrons. The highest BCUT2D eigenvalue weighted by Gasteiger charge is 2.56. The number of aliphatic hydroxyl groups is 7. The molecule has 0 bridgehead atoms. The standard InChI is InChI=1S/C29H50N2O32S4/c1-7-11(58-28-19(37)17(35)12(5-53-28)59-27-15(31-65(44,45)46)18(36)16(34)8(2)56-27)3-9(30-64(41,42)43)26(55-7)61-22-20(38)23(63-67(50,51)52)29(62-24(22)25(39)40)60-21-10(32)4-14(33)57-13(21)6-54-66(47,48)49/h7-24,26-38H,3-6H2,1-2H3,(H,39,40)(H,41,42,43)(H,44,45,46)(H,47,48,49)(H,50,51,52)/t7?,8?,9?,10-,11+,12-,13?,14+,15?,16-,17+,18-,19?,20+,21+,22+,23?,24?,26-,27+,28+,29-/m1/s1. The van der Waals surface area contributed by atoms with E-state index >= 15 is 0 Å². The Bertz CT molecular complexity index is 2140. The zero-order valence-corrected chi connectivity index (χ0v) is 37.5. The van der Waals surface area contributed by atoms with E-state index in [-0.39, 0.29) is 0 Å². The zero-order valence-electron chi connectivity index (χ0n) is 34.2. The minimum absolute atomic E-state index is 0.665. The zero-order chi connectivity index (χ0) is 50.3. The molecule has 38 heteroatoms. The lowest BCUT2D eigenvalue weighted by Gasteiger charge is -2.48. The van der Waals surface area contributed by atoms with E-state index < -0.39 is 209 Å². The summed E-state index contributed by atoms with van der Waals surface area (Å²) in [6.07, 6.45) is -40.5. The third-order valence-electron chi connectivity index (χ3n) is 10.6. The summed E-state index contributed by atoms with van der Waals surface area (Å²) in [5.74, 6) is -2.03. The molecular weight excluding hydrogens is 1020 g/mol. The Morgan fingerprint density at radius 1 is 0.597 bits per heavy atom. The number of carboxylic acid groups (broad SMARTS) is 1. The number of carbonyl (C=O) groups is 1. The Morgan fingerprint density at radius 2 is 1.19 bits per heavy atom. The van der Waals surface area contributed by atoms with Gasteiger partial charge < -0.3 is 83.5 Å². The quantitative estimate of drug-likeness (QED) is 0.0567. The molecule has 14 N–H and O–H groups in total. The van der Waals surface area contributed by atoms with Crippen molar-refractivity contribution in [3.63, 3.8) is 0 Å². The molecule has 5 saturated heterocycles. The highest BCUT2D eigenvalue weighted by atomic mass is 32.3. The summed E-state index contributed by atoms with van der Waals surface area (Å²) in [6.45, 7) is 0.616. The molecule has 0 amide bonds. The van der Waals surface area contributed by atoms with Gasteiger partial charge in [-0.3, -0.25) is 18.2 Å². The van der Waals surface area contributed by atoms with Crippen molar-refractivity contribution in [2.45, 2.75) is 162 Å². The molecule has 67 heavy (non-hydrogen) atoms. The predicted molar refractivity (Wildman–Crippen MR) is 201 cm³/mol. The van der Waals surface area contributed by atoms with Crippen molar-refractivity contribution in [1.82, 2.24) is 9.44 Å². The minimum Gasteiger partial charge on any atom is -0.479 e. The van der Waals surface area contributed by atoms with Gasteiger partial charge in [0, 0.05) is 6.42 Å². The molecule has 5 aliphatic heterocycles. The van der Waals surface area contributed by atoms with Gasteiger partial charge in [-0.1, -0.05) is 0 Å². The maximum Gasteiger partial charge on any atom is 0.397 e. The lowest BCUT2D eigenvalue weighted by molar-refractivity contribution is -0.358. The number of hydrogen-bond donors (Lipinski definition) is 14. The molecule has 5 heterocycles. The van der Waals surface area contributed by atoms with Crippen LogP contribution in [0.2, 0.25) is 0 Å². The molecule has 0 aromatic rings. The van der Waals surface area contributed by atoms with Crippen LogP contribution >= 0.6 is 0 Å². The Balaban J connectivity index is 1.32. The van der Waals surface area contributed by atoms with Crippen LogP contribution in [0.5, 0.6) is 0 Å². The van der Waals surface area contributed by atoms with Crippen LogP contribution in [0, 0.1) is 0 Å². The molecule has 0 saturated carbocycles. The Kier molecular flexibility index (Phi) is 18.4. The summed E-state index contributed by atoms with van der Waals surface area (Å²) in [5.41, 5.74) is 0. The SMILES string of the molecule is CC1O[C@H](O[C@@H]2C(C(=O)O)O[C@@H](O[C@@H]3C(COS(=O)(=O)O)O[C@H](O)C[C@H]3O)C(OS(=O)(=O)O)[C@H]2O)C(NS(=O)(=O)O)C[C@@H]1O[C@@H]1OC[C@@H](O[C@@H]2OC(C)[C@@H](O)[C@H](O)C2NS(=O)(=O)O)[C@H](O)C1O. The molecule has 22 atom stereocenters. The molecule has 0 aromatic heterocycles. The third kappa shape index (κ3) is 15.2. The van der Waals surface area contributed by atoms with Gasteiger partial charge in [-0.25, -0.2) is 13.2 Å². The van der Waals surface area contributed by atoms with E-state index in [1.54, 1.807) is 9.44 Å². The molecule has 0 aliphatic carbocycles. The molecule has 392 valence electrons. The van der Waals surface area contributed by atoms with E-state index in [0.717, 1.165) is 0 Å².